The molecule has 2 aromatic carbocycles. The molecule has 2 bridgehead atoms. The molecular formula is C33H38BrN3O6. The molecule has 3 saturated heterocycles. The van der Waals surface area contributed by atoms with Crippen LogP contribution < -0.4 is 9.64 Å². The van der Waals surface area contributed by atoms with Gasteiger partial charge in [-0.25, -0.2) is 0 Å². The molecule has 228 valence electrons. The molecule has 1 N–H and O–H groups in total. The third-order valence-corrected chi connectivity index (χ3v) is 9.67. The zero-order valence-electron chi connectivity index (χ0n) is 24.5. The minimum absolute atomic E-state index is 0.186. The van der Waals surface area contributed by atoms with Crippen LogP contribution >= 0.6 is 15.9 Å². The maximum atomic E-state index is 14.6. The maximum Gasteiger partial charge on any atom is 0.253 e. The Morgan fingerprint density at radius 3 is 2.42 bits per heavy atom. The number of aliphatic hydroxyl groups excluding tert-OH is 1. The van der Waals surface area contributed by atoms with E-state index in [2.05, 4.69) is 29.1 Å². The number of benzene rings is 2. The molecule has 3 aliphatic heterocycles. The summed E-state index contributed by atoms with van der Waals surface area (Å²) in [5, 5.41) is 10.2. The fourth-order valence-electron chi connectivity index (χ4n) is 6.96. The highest BCUT2D eigenvalue weighted by Gasteiger charge is 2.77. The molecule has 0 aromatic heterocycles. The van der Waals surface area contributed by atoms with Crippen molar-refractivity contribution in [3.63, 3.8) is 0 Å². The fourth-order valence-corrected chi connectivity index (χ4v) is 7.90. The zero-order chi connectivity index (χ0) is 30.9. The summed E-state index contributed by atoms with van der Waals surface area (Å²) in [6, 6.07) is 15.0. The Balaban J connectivity index is 1.55. The van der Waals surface area contributed by atoms with Crippen LogP contribution in [0.5, 0.6) is 5.75 Å². The second-order valence-electron chi connectivity index (χ2n) is 11.4. The highest BCUT2D eigenvalue weighted by Crippen LogP contribution is 2.61. The number of alkyl halides is 1. The number of anilines is 1. The van der Waals surface area contributed by atoms with Gasteiger partial charge in [-0.1, -0.05) is 58.4 Å². The lowest BCUT2D eigenvalue weighted by Gasteiger charge is -2.38. The van der Waals surface area contributed by atoms with Crippen LogP contribution in [0.25, 0.3) is 0 Å². The molecule has 10 heteroatoms. The number of carbonyl (C=O) groups is 3. The predicted molar refractivity (Wildman–Crippen MR) is 167 cm³/mol. The van der Waals surface area contributed by atoms with Gasteiger partial charge >= 0.3 is 0 Å². The lowest BCUT2D eigenvalue weighted by atomic mass is 9.70. The molecule has 3 heterocycles. The Kier molecular flexibility index (Phi) is 9.10. The van der Waals surface area contributed by atoms with Gasteiger partial charge < -0.3 is 29.3 Å². The highest BCUT2D eigenvalue weighted by molar-refractivity contribution is 9.09. The summed E-state index contributed by atoms with van der Waals surface area (Å²) in [5.74, 6) is -1.99. The van der Waals surface area contributed by atoms with Crippen LogP contribution in [0.1, 0.15) is 18.9 Å². The van der Waals surface area contributed by atoms with Gasteiger partial charge in [0.15, 0.2) is 0 Å². The molecule has 3 fully saturated rings. The van der Waals surface area contributed by atoms with E-state index in [1.165, 1.54) is 4.90 Å². The number of halogens is 1. The van der Waals surface area contributed by atoms with Crippen LogP contribution in [-0.4, -0.2) is 88.0 Å². The van der Waals surface area contributed by atoms with E-state index in [-0.39, 0.29) is 35.7 Å². The van der Waals surface area contributed by atoms with Gasteiger partial charge in [-0.05, 0) is 43.2 Å². The topological polar surface area (TPSA) is 99.6 Å². The first kappa shape index (κ1) is 31.0. The zero-order valence-corrected chi connectivity index (χ0v) is 26.1. The lowest BCUT2D eigenvalue weighted by Crippen LogP contribution is -2.59. The van der Waals surface area contributed by atoms with Gasteiger partial charge in [-0.3, -0.25) is 14.4 Å². The molecule has 0 saturated carbocycles. The van der Waals surface area contributed by atoms with Crippen molar-refractivity contribution in [2.75, 3.05) is 31.7 Å². The number of carbonyl (C=O) groups excluding carboxylic acids is 3. The first-order chi connectivity index (χ1) is 20.7. The summed E-state index contributed by atoms with van der Waals surface area (Å²) in [6.45, 7) is 9.88. The van der Waals surface area contributed by atoms with Crippen LogP contribution in [0.2, 0.25) is 0 Å². The van der Waals surface area contributed by atoms with Gasteiger partial charge in [-0.15, -0.1) is 13.2 Å². The van der Waals surface area contributed by atoms with Crippen molar-refractivity contribution in [3.8, 4) is 5.75 Å². The molecule has 1 spiro atoms. The summed E-state index contributed by atoms with van der Waals surface area (Å²) >= 11 is 3.74. The normalized spacial score (nSPS) is 27.9. The number of hydrogen-bond donors (Lipinski definition) is 1. The standard InChI is InChI=1S/C33H38BrN3O6/c1-5-16-35(19-22-10-8-7-9-11-22)30(39)26-27-31(40)37(21(3)20-38)29(33(27)18-25(34)28(26)43-33)32(41)36(17-6-2)23-12-14-24(42-4)15-13-23/h5-15,21,25-29,38H,1-2,16-20H2,3-4H3/t21-,25?,26-,27+,28-,29?,33?/m1/s1. The van der Waals surface area contributed by atoms with Crippen molar-refractivity contribution in [1.29, 1.82) is 0 Å². The molecule has 9 nitrogen and oxygen atoms in total. The smallest absolute Gasteiger partial charge is 0.253 e. The molecule has 0 aliphatic carbocycles. The molecule has 2 aromatic rings. The Morgan fingerprint density at radius 2 is 1.81 bits per heavy atom. The number of methoxy groups -OCH3 is 1. The Bertz CT molecular complexity index is 1370. The van der Waals surface area contributed by atoms with Gasteiger partial charge in [0.1, 0.15) is 17.4 Å². The second-order valence-corrected chi connectivity index (χ2v) is 12.5. The van der Waals surface area contributed by atoms with Crippen molar-refractivity contribution >= 4 is 39.3 Å². The van der Waals surface area contributed by atoms with E-state index in [9.17, 15) is 19.5 Å². The second kappa shape index (κ2) is 12.6. The Hall–Kier alpha value is -3.47. The van der Waals surface area contributed by atoms with Crippen LogP contribution in [0.15, 0.2) is 79.9 Å². The summed E-state index contributed by atoms with van der Waals surface area (Å²) in [6.07, 6.45) is 3.06. The van der Waals surface area contributed by atoms with Crippen molar-refractivity contribution in [1.82, 2.24) is 9.80 Å². The fraction of sp³-hybridized carbons (Fsp3) is 0.424. The van der Waals surface area contributed by atoms with Gasteiger partial charge in [0.2, 0.25) is 11.8 Å². The summed E-state index contributed by atoms with van der Waals surface area (Å²) in [5.41, 5.74) is 0.299. The molecule has 3 aliphatic rings. The molecule has 7 atom stereocenters. The van der Waals surface area contributed by atoms with Gasteiger partial charge in [0.25, 0.3) is 5.91 Å². The Morgan fingerprint density at radius 1 is 1.14 bits per heavy atom. The van der Waals surface area contributed by atoms with Crippen molar-refractivity contribution in [3.05, 3.63) is 85.5 Å². The van der Waals surface area contributed by atoms with E-state index < -0.39 is 35.6 Å². The minimum Gasteiger partial charge on any atom is -0.497 e. The summed E-state index contributed by atoms with van der Waals surface area (Å²) in [7, 11) is 1.57. The average molecular weight is 653 g/mol. The van der Waals surface area contributed by atoms with E-state index >= 15 is 0 Å². The lowest BCUT2D eigenvalue weighted by molar-refractivity contribution is -0.147. The molecule has 0 radical (unpaired) electrons. The van der Waals surface area contributed by atoms with E-state index in [0.29, 0.717) is 30.9 Å². The van der Waals surface area contributed by atoms with E-state index in [1.807, 2.05) is 30.3 Å². The average Bonchev–Trinajstić information content (AvgIpc) is 3.62. The predicted octanol–water partition coefficient (Wildman–Crippen LogP) is 3.56. The third kappa shape index (κ3) is 5.30. The number of hydrogen-bond acceptors (Lipinski definition) is 6. The molecule has 3 unspecified atom stereocenters. The minimum atomic E-state index is -1.25. The van der Waals surface area contributed by atoms with Gasteiger partial charge in [-0.2, -0.15) is 0 Å². The number of rotatable bonds is 12. The van der Waals surface area contributed by atoms with E-state index in [1.54, 1.807) is 60.3 Å². The molecule has 43 heavy (non-hydrogen) atoms. The largest absolute Gasteiger partial charge is 0.497 e. The third-order valence-electron chi connectivity index (χ3n) is 8.82. The summed E-state index contributed by atoms with van der Waals surface area (Å²) in [4.78, 5) is 47.8. The van der Waals surface area contributed by atoms with Gasteiger partial charge in [0, 0.05) is 30.1 Å². The first-order valence-electron chi connectivity index (χ1n) is 14.5. The van der Waals surface area contributed by atoms with E-state index in [4.69, 9.17) is 9.47 Å². The number of likely N-dealkylation sites (tertiary alicyclic amines) is 1. The molecular weight excluding hydrogens is 614 g/mol. The van der Waals surface area contributed by atoms with E-state index in [0.717, 1.165) is 5.56 Å². The number of aliphatic hydroxyl groups is 1. The number of nitrogens with zero attached hydrogens (tertiary/aromatic N) is 3. The molecule has 3 amide bonds. The first-order valence-corrected chi connectivity index (χ1v) is 15.4. The van der Waals surface area contributed by atoms with Crippen LogP contribution in [-0.2, 0) is 25.7 Å². The van der Waals surface area contributed by atoms with Crippen molar-refractivity contribution in [2.45, 2.75) is 48.5 Å². The number of amides is 3. The highest BCUT2D eigenvalue weighted by atomic mass is 79.9. The van der Waals surface area contributed by atoms with Crippen LogP contribution in [0, 0.1) is 11.8 Å². The maximum absolute atomic E-state index is 14.6. The quantitative estimate of drug-likeness (QED) is 0.278. The van der Waals surface area contributed by atoms with Crippen molar-refractivity contribution < 1.29 is 29.0 Å². The SMILES string of the molecule is C=CCN(Cc1ccccc1)C(=O)[C@H]1[C@@H]2OC3(CC2Br)C(C(=O)N(CC=C)c2ccc(OC)cc2)N([C@H](C)CO)C(=O)[C@H]13. The number of fused-ring (bicyclic) bond motifs is 1. The Labute approximate surface area is 260 Å². The van der Waals surface area contributed by atoms with Crippen molar-refractivity contribution in [2.24, 2.45) is 11.8 Å². The molecule has 5 rings (SSSR count). The monoisotopic (exact) mass is 651 g/mol. The van der Waals surface area contributed by atoms with Crippen LogP contribution in [0.3, 0.4) is 0 Å². The summed E-state index contributed by atoms with van der Waals surface area (Å²) < 4.78 is 12.0. The van der Waals surface area contributed by atoms with Gasteiger partial charge in [0.05, 0.1) is 37.7 Å². The van der Waals surface area contributed by atoms with Crippen LogP contribution in [0.4, 0.5) is 5.69 Å². The number of ether oxygens (including phenoxy) is 2.